The molecule has 0 aliphatic heterocycles. The van der Waals surface area contributed by atoms with Crippen LogP contribution in [-0.2, 0) is 4.79 Å². The van der Waals surface area contributed by atoms with Crippen molar-refractivity contribution in [2.75, 3.05) is 0 Å². The molecule has 0 heterocycles. The quantitative estimate of drug-likeness (QED) is 0.342. The van der Waals surface area contributed by atoms with Gasteiger partial charge in [0.15, 0.2) is 0 Å². The minimum Gasteiger partial charge on any atom is -0.284 e. The molecule has 0 saturated carbocycles. The fourth-order valence-corrected chi connectivity index (χ4v) is 0.736. The molecule has 0 spiro atoms. The summed E-state index contributed by atoms with van der Waals surface area (Å²) >= 11 is 0. The molecule has 60 valence electrons. The van der Waals surface area contributed by atoms with Crippen LogP contribution in [0, 0.1) is 17.3 Å². The van der Waals surface area contributed by atoms with Crippen molar-refractivity contribution in [3.63, 3.8) is 0 Å². The van der Waals surface area contributed by atoms with Crippen LogP contribution in [0.1, 0.15) is 27.2 Å². The van der Waals surface area contributed by atoms with Crippen LogP contribution in [0.25, 0.3) is 0 Å². The molecule has 1 nitrogen and oxygen atoms in total. The molecule has 0 aromatic carbocycles. The van der Waals surface area contributed by atoms with Gasteiger partial charge in [-0.05, 0) is 19.3 Å². The second kappa shape index (κ2) is 3.98. The molecule has 0 aliphatic carbocycles. The molecule has 0 rings (SSSR count). The minimum atomic E-state index is -0.370. The van der Waals surface area contributed by atoms with E-state index in [1.165, 1.54) is 0 Å². The Bertz CT molecular complexity index is 213. The van der Waals surface area contributed by atoms with Crippen LogP contribution >= 0.6 is 0 Å². The first kappa shape index (κ1) is 9.97. The van der Waals surface area contributed by atoms with Crippen molar-refractivity contribution in [2.24, 2.45) is 5.41 Å². The normalized spacial score (nSPS) is 9.73. The highest BCUT2D eigenvalue weighted by molar-refractivity contribution is 5.99. The van der Waals surface area contributed by atoms with E-state index in [4.69, 9.17) is 0 Å². The summed E-state index contributed by atoms with van der Waals surface area (Å²) in [6.07, 6.45) is 2.43. The highest BCUT2D eigenvalue weighted by Gasteiger charge is 2.23. The van der Waals surface area contributed by atoms with E-state index in [1.807, 2.05) is 13.8 Å². The van der Waals surface area contributed by atoms with Crippen LogP contribution in [0.5, 0.6) is 0 Å². The maximum absolute atomic E-state index is 11.2. The molecule has 0 saturated heterocycles. The number of carbonyl (C=O) groups is 1. The SMILES string of the molecule is C=CCC(C)(C)C(=O)C#CC. The first-order chi connectivity index (χ1) is 5.04. The van der Waals surface area contributed by atoms with Gasteiger partial charge < -0.3 is 0 Å². The van der Waals surface area contributed by atoms with E-state index in [2.05, 4.69) is 18.4 Å². The van der Waals surface area contributed by atoms with E-state index in [0.717, 1.165) is 0 Å². The lowest BCUT2D eigenvalue weighted by molar-refractivity contribution is -0.121. The van der Waals surface area contributed by atoms with Gasteiger partial charge in [0.2, 0.25) is 5.78 Å². The van der Waals surface area contributed by atoms with Crippen LogP contribution in [0.3, 0.4) is 0 Å². The van der Waals surface area contributed by atoms with Crippen LogP contribution < -0.4 is 0 Å². The number of rotatable bonds is 3. The number of ketones is 1. The molecule has 11 heavy (non-hydrogen) atoms. The number of allylic oxidation sites excluding steroid dienone is 1. The number of Topliss-reactive ketones (excluding diaryl/α,β-unsaturated/α-hetero) is 1. The zero-order valence-corrected chi connectivity index (χ0v) is 7.40. The molecule has 0 aliphatic rings. The third kappa shape index (κ3) is 3.04. The van der Waals surface area contributed by atoms with Crippen LogP contribution in [0.15, 0.2) is 12.7 Å². The van der Waals surface area contributed by atoms with Crippen LogP contribution in [0.4, 0.5) is 0 Å². The summed E-state index contributed by atoms with van der Waals surface area (Å²) in [7, 11) is 0. The van der Waals surface area contributed by atoms with E-state index < -0.39 is 0 Å². The Morgan fingerprint density at radius 1 is 1.64 bits per heavy atom. The highest BCUT2D eigenvalue weighted by Crippen LogP contribution is 2.21. The molecule has 0 fully saturated rings. The first-order valence-corrected chi connectivity index (χ1v) is 3.62. The monoisotopic (exact) mass is 150 g/mol. The Labute approximate surface area is 68.5 Å². The zero-order chi connectivity index (χ0) is 8.91. The molecule has 0 radical (unpaired) electrons. The van der Waals surface area contributed by atoms with Gasteiger partial charge in [-0.25, -0.2) is 0 Å². The Hall–Kier alpha value is -1.03. The number of hydrogen-bond acceptors (Lipinski definition) is 1. The number of carbonyl (C=O) groups excluding carboxylic acids is 1. The first-order valence-electron chi connectivity index (χ1n) is 3.62. The summed E-state index contributed by atoms with van der Waals surface area (Å²) in [5.41, 5.74) is -0.370. The average Bonchev–Trinajstić information content (AvgIpc) is 1.88. The van der Waals surface area contributed by atoms with E-state index in [0.29, 0.717) is 6.42 Å². The summed E-state index contributed by atoms with van der Waals surface area (Å²) < 4.78 is 0. The summed E-state index contributed by atoms with van der Waals surface area (Å²) in [5, 5.41) is 0. The topological polar surface area (TPSA) is 17.1 Å². The third-order valence-electron chi connectivity index (χ3n) is 1.51. The van der Waals surface area contributed by atoms with Crippen molar-refractivity contribution in [1.82, 2.24) is 0 Å². The molecule has 1 heteroatoms. The second-order valence-electron chi connectivity index (χ2n) is 3.08. The van der Waals surface area contributed by atoms with Crippen LogP contribution in [-0.4, -0.2) is 5.78 Å². The molecule has 0 amide bonds. The fraction of sp³-hybridized carbons (Fsp3) is 0.500. The summed E-state index contributed by atoms with van der Waals surface area (Å²) in [5.74, 6) is 5.12. The fourth-order valence-electron chi connectivity index (χ4n) is 0.736. The van der Waals surface area contributed by atoms with Crippen molar-refractivity contribution in [3.05, 3.63) is 12.7 Å². The Balaban J connectivity index is 4.36. The molecule has 0 bridgehead atoms. The maximum atomic E-state index is 11.2. The standard InChI is InChI=1S/C10H14O/c1-5-7-9(11)10(3,4)8-6-2/h6H,2,8H2,1,3-4H3. The second-order valence-corrected chi connectivity index (χ2v) is 3.08. The summed E-state index contributed by atoms with van der Waals surface area (Å²) in [6.45, 7) is 9.01. The van der Waals surface area contributed by atoms with E-state index in [1.54, 1.807) is 13.0 Å². The van der Waals surface area contributed by atoms with Gasteiger partial charge in [-0.1, -0.05) is 25.8 Å². The molecule has 0 aromatic rings. The Morgan fingerprint density at radius 2 is 2.18 bits per heavy atom. The lowest BCUT2D eigenvalue weighted by Crippen LogP contribution is -2.21. The van der Waals surface area contributed by atoms with Crippen molar-refractivity contribution in [1.29, 1.82) is 0 Å². The van der Waals surface area contributed by atoms with Gasteiger partial charge in [-0.2, -0.15) is 0 Å². The van der Waals surface area contributed by atoms with Crippen molar-refractivity contribution in [3.8, 4) is 11.8 Å². The predicted molar refractivity (Wildman–Crippen MR) is 47.1 cm³/mol. The van der Waals surface area contributed by atoms with E-state index in [-0.39, 0.29) is 11.2 Å². The Morgan fingerprint density at radius 3 is 2.55 bits per heavy atom. The van der Waals surface area contributed by atoms with Gasteiger partial charge in [-0.15, -0.1) is 6.58 Å². The largest absolute Gasteiger partial charge is 0.284 e. The van der Waals surface area contributed by atoms with Gasteiger partial charge in [0, 0.05) is 5.41 Å². The van der Waals surface area contributed by atoms with E-state index >= 15 is 0 Å². The van der Waals surface area contributed by atoms with Gasteiger partial charge >= 0.3 is 0 Å². The molecule has 0 unspecified atom stereocenters. The summed E-state index contributed by atoms with van der Waals surface area (Å²) in [6, 6.07) is 0. The van der Waals surface area contributed by atoms with Gasteiger partial charge in [-0.3, -0.25) is 4.79 Å². The Kier molecular flexibility index (Phi) is 3.60. The average molecular weight is 150 g/mol. The number of hydrogen-bond donors (Lipinski definition) is 0. The predicted octanol–water partition coefficient (Wildman–Crippen LogP) is 2.18. The minimum absolute atomic E-state index is 0.0140. The van der Waals surface area contributed by atoms with E-state index in [9.17, 15) is 4.79 Å². The maximum Gasteiger partial charge on any atom is 0.211 e. The molecular weight excluding hydrogens is 136 g/mol. The van der Waals surface area contributed by atoms with Crippen molar-refractivity contribution in [2.45, 2.75) is 27.2 Å². The molecule has 0 N–H and O–H groups in total. The van der Waals surface area contributed by atoms with Crippen LogP contribution in [0.2, 0.25) is 0 Å². The lowest BCUT2D eigenvalue weighted by Gasteiger charge is -2.16. The van der Waals surface area contributed by atoms with Gasteiger partial charge in [0.25, 0.3) is 0 Å². The molecule has 0 atom stereocenters. The highest BCUT2D eigenvalue weighted by atomic mass is 16.1. The molecule has 0 aromatic heterocycles. The summed E-state index contributed by atoms with van der Waals surface area (Å²) in [4.78, 5) is 11.2. The van der Waals surface area contributed by atoms with Crippen molar-refractivity contribution >= 4 is 5.78 Å². The van der Waals surface area contributed by atoms with Crippen molar-refractivity contribution < 1.29 is 4.79 Å². The lowest BCUT2D eigenvalue weighted by atomic mass is 9.85. The smallest absolute Gasteiger partial charge is 0.211 e. The zero-order valence-electron chi connectivity index (χ0n) is 7.40. The molecular formula is C10H14O. The van der Waals surface area contributed by atoms with Gasteiger partial charge in [0.1, 0.15) is 0 Å². The third-order valence-corrected chi connectivity index (χ3v) is 1.51. The van der Waals surface area contributed by atoms with Gasteiger partial charge in [0.05, 0.1) is 0 Å².